The van der Waals surface area contributed by atoms with Gasteiger partial charge in [0.25, 0.3) is 0 Å². The Morgan fingerprint density at radius 3 is 2.44 bits per heavy atom. The van der Waals surface area contributed by atoms with E-state index in [-0.39, 0.29) is 11.3 Å². The lowest BCUT2D eigenvalue weighted by atomic mass is 10.1. The van der Waals surface area contributed by atoms with Gasteiger partial charge < -0.3 is 10.4 Å². The van der Waals surface area contributed by atoms with Crippen molar-refractivity contribution in [2.24, 2.45) is 0 Å². The van der Waals surface area contributed by atoms with Crippen molar-refractivity contribution in [1.82, 2.24) is 0 Å². The maximum absolute atomic E-state index is 11.4. The van der Waals surface area contributed by atoms with Crippen LogP contribution in [-0.4, -0.2) is 37.4 Å². The minimum atomic E-state index is -3.44. The van der Waals surface area contributed by atoms with Crippen LogP contribution in [0.3, 0.4) is 0 Å². The van der Waals surface area contributed by atoms with E-state index in [0.29, 0.717) is 0 Å². The van der Waals surface area contributed by atoms with Gasteiger partial charge in [-0.1, -0.05) is 11.6 Å². The number of hydrogen-bond acceptors (Lipinski definition) is 4. The average Bonchev–Trinajstić information content (AvgIpc) is 2.17. The molecule has 0 spiro atoms. The van der Waals surface area contributed by atoms with Crippen molar-refractivity contribution in [2.45, 2.75) is 6.92 Å². The van der Waals surface area contributed by atoms with Crippen molar-refractivity contribution in [3.63, 3.8) is 0 Å². The number of hydrogen-bond donors (Lipinski definition) is 2. The van der Waals surface area contributed by atoms with Gasteiger partial charge in [-0.05, 0) is 19.1 Å². The van der Waals surface area contributed by atoms with Gasteiger partial charge in [0.1, 0.15) is 5.75 Å². The molecule has 0 aliphatic heterocycles. The molecule has 1 amide bonds. The SMILES string of the molecule is Cc1ccc(NC(=O)CS(C)(=O)=O)c(C(=O)O)c1. The largest absolute Gasteiger partial charge is 0.478 e. The molecule has 7 heteroatoms. The Balaban J connectivity index is 2.98. The third kappa shape index (κ3) is 4.17. The highest BCUT2D eigenvalue weighted by atomic mass is 32.2. The van der Waals surface area contributed by atoms with Crippen LogP contribution in [0.15, 0.2) is 18.2 Å². The van der Waals surface area contributed by atoms with Gasteiger partial charge in [0.2, 0.25) is 5.91 Å². The average molecular weight is 271 g/mol. The van der Waals surface area contributed by atoms with E-state index in [1.54, 1.807) is 13.0 Å². The molecule has 0 saturated heterocycles. The zero-order valence-electron chi connectivity index (χ0n) is 9.93. The third-order valence-corrected chi connectivity index (χ3v) is 2.86. The molecule has 18 heavy (non-hydrogen) atoms. The topological polar surface area (TPSA) is 101 Å². The number of benzene rings is 1. The highest BCUT2D eigenvalue weighted by Gasteiger charge is 2.15. The molecule has 0 radical (unpaired) electrons. The number of carboxylic acids is 1. The lowest BCUT2D eigenvalue weighted by Gasteiger charge is -2.08. The Labute approximate surface area is 105 Å². The van der Waals surface area contributed by atoms with Crippen molar-refractivity contribution >= 4 is 27.4 Å². The summed E-state index contributed by atoms with van der Waals surface area (Å²) >= 11 is 0. The van der Waals surface area contributed by atoms with Crippen LogP contribution in [0.1, 0.15) is 15.9 Å². The number of carbonyl (C=O) groups excluding carboxylic acids is 1. The van der Waals surface area contributed by atoms with Crippen LogP contribution >= 0.6 is 0 Å². The van der Waals surface area contributed by atoms with Crippen LogP contribution in [0.5, 0.6) is 0 Å². The van der Waals surface area contributed by atoms with E-state index in [9.17, 15) is 18.0 Å². The predicted octanol–water partition coefficient (Wildman–Crippen LogP) is 0.676. The summed E-state index contributed by atoms with van der Waals surface area (Å²) in [6, 6.07) is 4.46. The second kappa shape index (κ2) is 5.18. The number of anilines is 1. The molecule has 0 aromatic heterocycles. The quantitative estimate of drug-likeness (QED) is 0.838. The van der Waals surface area contributed by atoms with Crippen LogP contribution in [0.2, 0.25) is 0 Å². The first-order valence-corrected chi connectivity index (χ1v) is 7.06. The number of sulfone groups is 1. The summed E-state index contributed by atoms with van der Waals surface area (Å²) in [4.78, 5) is 22.4. The van der Waals surface area contributed by atoms with Crippen molar-refractivity contribution in [3.05, 3.63) is 29.3 Å². The molecule has 0 unspecified atom stereocenters. The van der Waals surface area contributed by atoms with Gasteiger partial charge in [-0.2, -0.15) is 0 Å². The maximum Gasteiger partial charge on any atom is 0.337 e. The van der Waals surface area contributed by atoms with Gasteiger partial charge in [-0.25, -0.2) is 13.2 Å². The van der Waals surface area contributed by atoms with Gasteiger partial charge in [0.15, 0.2) is 9.84 Å². The molecule has 0 aliphatic carbocycles. The number of carbonyl (C=O) groups is 2. The standard InChI is InChI=1S/C11H13NO5S/c1-7-3-4-9(8(5-7)11(14)15)12-10(13)6-18(2,16)17/h3-5H,6H2,1-2H3,(H,12,13)(H,14,15). The van der Waals surface area contributed by atoms with Crippen molar-refractivity contribution < 1.29 is 23.1 Å². The summed E-state index contributed by atoms with van der Waals surface area (Å²) in [5.74, 6) is -2.63. The van der Waals surface area contributed by atoms with Gasteiger partial charge in [0.05, 0.1) is 11.3 Å². The second-order valence-electron chi connectivity index (χ2n) is 3.97. The number of carboxylic acid groups (broad SMARTS) is 1. The van der Waals surface area contributed by atoms with Gasteiger partial charge in [-0.3, -0.25) is 4.79 Å². The summed E-state index contributed by atoms with van der Waals surface area (Å²) in [5.41, 5.74) is 0.743. The molecule has 6 nitrogen and oxygen atoms in total. The van der Waals surface area contributed by atoms with Crippen LogP contribution in [0.25, 0.3) is 0 Å². The Hall–Kier alpha value is -1.89. The first kappa shape index (κ1) is 14.2. The summed E-state index contributed by atoms with van der Waals surface area (Å²) in [7, 11) is -3.44. The zero-order valence-corrected chi connectivity index (χ0v) is 10.7. The molecule has 98 valence electrons. The predicted molar refractivity (Wildman–Crippen MR) is 66.5 cm³/mol. The maximum atomic E-state index is 11.4. The lowest BCUT2D eigenvalue weighted by molar-refractivity contribution is -0.113. The molecular formula is C11H13NO5S. The Morgan fingerprint density at radius 1 is 1.33 bits per heavy atom. The smallest absolute Gasteiger partial charge is 0.337 e. The first-order valence-electron chi connectivity index (χ1n) is 5.00. The summed E-state index contributed by atoms with van der Waals surface area (Å²) < 4.78 is 21.9. The number of aryl methyl sites for hydroxylation is 1. The molecule has 0 atom stereocenters. The molecule has 0 fully saturated rings. The van der Waals surface area contributed by atoms with E-state index in [0.717, 1.165) is 11.8 Å². The fourth-order valence-electron chi connectivity index (χ4n) is 1.37. The summed E-state index contributed by atoms with van der Waals surface area (Å²) in [6.45, 7) is 1.72. The van der Waals surface area contributed by atoms with E-state index in [2.05, 4.69) is 5.32 Å². The molecule has 0 bridgehead atoms. The van der Waals surface area contributed by atoms with E-state index >= 15 is 0 Å². The summed E-state index contributed by atoms with van der Waals surface area (Å²) in [6.07, 6.45) is 0.930. The van der Waals surface area contributed by atoms with E-state index in [1.165, 1.54) is 12.1 Å². The van der Waals surface area contributed by atoms with Crippen LogP contribution in [-0.2, 0) is 14.6 Å². The molecule has 0 heterocycles. The van der Waals surface area contributed by atoms with E-state index in [1.807, 2.05) is 0 Å². The number of nitrogens with one attached hydrogen (secondary N) is 1. The Morgan fingerprint density at radius 2 is 1.94 bits per heavy atom. The van der Waals surface area contributed by atoms with Gasteiger partial charge in [0, 0.05) is 6.26 Å². The highest BCUT2D eigenvalue weighted by molar-refractivity contribution is 7.91. The Kier molecular flexibility index (Phi) is 4.07. The van der Waals surface area contributed by atoms with Crippen molar-refractivity contribution in [3.8, 4) is 0 Å². The van der Waals surface area contributed by atoms with Gasteiger partial charge >= 0.3 is 5.97 Å². The first-order chi connectivity index (χ1) is 8.19. The second-order valence-corrected chi connectivity index (χ2v) is 6.11. The molecule has 1 aromatic rings. The number of aromatic carboxylic acids is 1. The number of rotatable bonds is 4. The fraction of sp³-hybridized carbons (Fsp3) is 0.273. The molecule has 0 aliphatic rings. The van der Waals surface area contributed by atoms with Gasteiger partial charge in [-0.15, -0.1) is 0 Å². The van der Waals surface area contributed by atoms with E-state index < -0.39 is 27.5 Å². The molecule has 2 N–H and O–H groups in total. The van der Waals surface area contributed by atoms with Crippen LogP contribution in [0.4, 0.5) is 5.69 Å². The molecule has 0 saturated carbocycles. The normalized spacial score (nSPS) is 11.0. The summed E-state index contributed by atoms with van der Waals surface area (Å²) in [5, 5.41) is 11.2. The lowest BCUT2D eigenvalue weighted by Crippen LogP contribution is -2.23. The molecule has 1 rings (SSSR count). The van der Waals surface area contributed by atoms with Crippen molar-refractivity contribution in [2.75, 3.05) is 17.3 Å². The van der Waals surface area contributed by atoms with Crippen LogP contribution < -0.4 is 5.32 Å². The van der Waals surface area contributed by atoms with Crippen LogP contribution in [0, 0.1) is 6.92 Å². The number of amides is 1. The van der Waals surface area contributed by atoms with E-state index in [4.69, 9.17) is 5.11 Å². The Bertz CT molecular complexity index is 591. The zero-order chi connectivity index (χ0) is 13.9. The minimum Gasteiger partial charge on any atom is -0.478 e. The highest BCUT2D eigenvalue weighted by Crippen LogP contribution is 2.17. The molecule has 1 aromatic carbocycles. The molecular weight excluding hydrogens is 258 g/mol. The van der Waals surface area contributed by atoms with Crippen molar-refractivity contribution in [1.29, 1.82) is 0 Å². The monoisotopic (exact) mass is 271 g/mol. The minimum absolute atomic E-state index is 0.0724. The fourth-order valence-corrected chi connectivity index (χ4v) is 1.92. The third-order valence-electron chi connectivity index (χ3n) is 2.07.